The average Bonchev–Trinajstić information content (AvgIpc) is 3.47. The number of nitrogens with zero attached hydrogens (tertiary/aromatic N) is 5. The summed E-state index contributed by atoms with van der Waals surface area (Å²) < 4.78 is 1.86. The minimum Gasteiger partial charge on any atom is -0.337 e. The molecule has 7 heteroatoms. The molecule has 3 heterocycles. The summed E-state index contributed by atoms with van der Waals surface area (Å²) in [6.45, 7) is 12.0. The lowest BCUT2D eigenvalue weighted by Gasteiger charge is -2.36. The van der Waals surface area contributed by atoms with E-state index in [9.17, 15) is 4.79 Å². The fourth-order valence-corrected chi connectivity index (χ4v) is 4.93. The van der Waals surface area contributed by atoms with Crippen molar-refractivity contribution in [3.8, 4) is 16.3 Å². The first-order valence-corrected chi connectivity index (χ1v) is 12.2. The number of carbonyl (C=O) groups excluding carboxylic acids is 1. The van der Waals surface area contributed by atoms with Crippen molar-refractivity contribution in [3.63, 3.8) is 0 Å². The Bertz CT molecular complexity index is 1050. The van der Waals surface area contributed by atoms with Gasteiger partial charge >= 0.3 is 0 Å². The molecule has 0 N–H and O–H groups in total. The van der Waals surface area contributed by atoms with Crippen LogP contribution in [0.4, 0.5) is 0 Å². The van der Waals surface area contributed by atoms with Crippen molar-refractivity contribution in [2.75, 3.05) is 26.7 Å². The summed E-state index contributed by atoms with van der Waals surface area (Å²) in [5.74, 6) is 0.00705. The minimum atomic E-state index is 0.00705. The second-order valence-electron chi connectivity index (χ2n) is 9.59. The van der Waals surface area contributed by atoms with Crippen molar-refractivity contribution < 1.29 is 4.79 Å². The predicted octanol–water partition coefficient (Wildman–Crippen LogP) is 4.85. The molecule has 1 aliphatic rings. The normalized spacial score (nSPS) is 15.8. The number of aromatic nitrogens is 3. The van der Waals surface area contributed by atoms with Crippen LogP contribution in [0.25, 0.3) is 16.3 Å². The van der Waals surface area contributed by atoms with Gasteiger partial charge in [0.25, 0.3) is 5.91 Å². The van der Waals surface area contributed by atoms with Crippen molar-refractivity contribution in [3.05, 3.63) is 53.3 Å². The highest BCUT2D eigenvalue weighted by atomic mass is 32.1. The molecule has 32 heavy (non-hydrogen) atoms. The first-order valence-electron chi connectivity index (χ1n) is 11.4. The third-order valence-electron chi connectivity index (χ3n) is 6.42. The number of hydrogen-bond donors (Lipinski definition) is 0. The van der Waals surface area contributed by atoms with Crippen LogP contribution < -0.4 is 0 Å². The zero-order valence-electron chi connectivity index (χ0n) is 19.7. The molecule has 0 atom stereocenters. The number of thiazole rings is 1. The molecule has 1 saturated heterocycles. The number of piperidine rings is 1. The van der Waals surface area contributed by atoms with Crippen LogP contribution in [0.2, 0.25) is 0 Å². The molecular formula is C25H33N5OS. The third-order valence-corrected chi connectivity index (χ3v) is 7.31. The number of likely N-dealkylation sites (tertiary alicyclic amines) is 1. The standard InChI is InChI=1S/C25H33N5OS/c1-6-29-13-11-20(12-14-29)28(5)24(31)22-17-32-23(27-22)18-15-26-30(16-18)21-9-7-19(8-10-21)25(2,3)4/h7-10,15-17,20H,6,11-14H2,1-5H3. The summed E-state index contributed by atoms with van der Waals surface area (Å²) in [6.07, 6.45) is 5.83. The Balaban J connectivity index is 1.45. The number of hydrogen-bond acceptors (Lipinski definition) is 5. The minimum absolute atomic E-state index is 0.00705. The maximum atomic E-state index is 13.0. The lowest BCUT2D eigenvalue weighted by molar-refractivity contribution is 0.0642. The Hall–Kier alpha value is -2.51. The van der Waals surface area contributed by atoms with Crippen LogP contribution in [0.1, 0.15) is 56.6 Å². The van der Waals surface area contributed by atoms with E-state index in [1.165, 1.54) is 16.9 Å². The largest absolute Gasteiger partial charge is 0.337 e. The van der Waals surface area contributed by atoms with Crippen LogP contribution >= 0.6 is 11.3 Å². The van der Waals surface area contributed by atoms with E-state index in [1.54, 1.807) is 0 Å². The van der Waals surface area contributed by atoms with Gasteiger partial charge in [0.1, 0.15) is 10.7 Å². The molecule has 1 aliphatic heterocycles. The van der Waals surface area contributed by atoms with Crippen molar-refractivity contribution in [2.24, 2.45) is 0 Å². The lowest BCUT2D eigenvalue weighted by atomic mass is 9.87. The Morgan fingerprint density at radius 1 is 1.19 bits per heavy atom. The molecule has 4 rings (SSSR count). The van der Waals surface area contributed by atoms with Crippen molar-refractivity contribution in [1.82, 2.24) is 24.6 Å². The lowest BCUT2D eigenvalue weighted by Crippen LogP contribution is -2.45. The molecule has 0 aliphatic carbocycles. The van der Waals surface area contributed by atoms with E-state index < -0.39 is 0 Å². The third kappa shape index (κ3) is 4.79. The quantitative estimate of drug-likeness (QED) is 0.556. The second-order valence-corrected chi connectivity index (χ2v) is 10.4. The van der Waals surface area contributed by atoms with E-state index in [-0.39, 0.29) is 17.4 Å². The fourth-order valence-electron chi connectivity index (χ4n) is 4.16. The molecule has 6 nitrogen and oxygen atoms in total. The highest BCUT2D eigenvalue weighted by Gasteiger charge is 2.27. The molecule has 1 amide bonds. The van der Waals surface area contributed by atoms with Crippen LogP contribution in [-0.2, 0) is 5.41 Å². The van der Waals surface area contributed by atoms with E-state index in [2.05, 4.69) is 66.9 Å². The maximum absolute atomic E-state index is 13.0. The predicted molar refractivity (Wildman–Crippen MR) is 131 cm³/mol. The summed E-state index contributed by atoms with van der Waals surface area (Å²) in [5, 5.41) is 7.20. The zero-order valence-corrected chi connectivity index (χ0v) is 20.5. The van der Waals surface area contributed by atoms with Gasteiger partial charge in [-0.2, -0.15) is 5.10 Å². The van der Waals surface area contributed by atoms with Gasteiger partial charge in [-0.25, -0.2) is 9.67 Å². The van der Waals surface area contributed by atoms with E-state index in [1.807, 2.05) is 34.4 Å². The number of rotatable bonds is 5. The highest BCUT2D eigenvalue weighted by molar-refractivity contribution is 7.13. The number of carbonyl (C=O) groups is 1. The monoisotopic (exact) mass is 451 g/mol. The van der Waals surface area contributed by atoms with Crippen LogP contribution in [0, 0.1) is 0 Å². The first kappa shape index (κ1) is 22.7. The molecule has 0 unspecified atom stereocenters. The van der Waals surface area contributed by atoms with Gasteiger partial charge in [0, 0.05) is 43.3 Å². The van der Waals surface area contributed by atoms with Crippen LogP contribution in [0.3, 0.4) is 0 Å². The molecule has 2 aromatic heterocycles. The maximum Gasteiger partial charge on any atom is 0.273 e. The molecule has 0 spiro atoms. The topological polar surface area (TPSA) is 54.3 Å². The summed E-state index contributed by atoms with van der Waals surface area (Å²) >= 11 is 1.49. The smallest absolute Gasteiger partial charge is 0.273 e. The van der Waals surface area contributed by atoms with Crippen LogP contribution in [-0.4, -0.2) is 63.2 Å². The molecule has 0 saturated carbocycles. The summed E-state index contributed by atoms with van der Waals surface area (Å²) in [5.41, 5.74) is 3.87. The first-order chi connectivity index (χ1) is 15.3. The summed E-state index contributed by atoms with van der Waals surface area (Å²) in [4.78, 5) is 22.0. The SMILES string of the molecule is CCN1CCC(N(C)C(=O)c2csc(-c3cnn(-c4ccc(C(C)(C)C)cc4)c3)n2)CC1. The highest BCUT2D eigenvalue weighted by Crippen LogP contribution is 2.27. The van der Waals surface area contributed by atoms with E-state index in [4.69, 9.17) is 0 Å². The van der Waals surface area contributed by atoms with Crippen molar-refractivity contribution >= 4 is 17.2 Å². The van der Waals surface area contributed by atoms with Gasteiger partial charge in [-0.3, -0.25) is 4.79 Å². The van der Waals surface area contributed by atoms with Crippen molar-refractivity contribution in [2.45, 2.75) is 52.0 Å². The molecule has 1 fully saturated rings. The fraction of sp³-hybridized carbons (Fsp3) is 0.480. The zero-order chi connectivity index (χ0) is 22.9. The molecule has 3 aromatic rings. The van der Waals surface area contributed by atoms with Gasteiger partial charge in [-0.1, -0.05) is 39.8 Å². The van der Waals surface area contributed by atoms with E-state index in [0.29, 0.717) is 5.69 Å². The molecule has 0 radical (unpaired) electrons. The summed E-state index contributed by atoms with van der Waals surface area (Å²) in [6, 6.07) is 8.77. The second kappa shape index (κ2) is 9.16. The van der Waals surface area contributed by atoms with Gasteiger partial charge in [0.15, 0.2) is 0 Å². The van der Waals surface area contributed by atoms with E-state index >= 15 is 0 Å². The Morgan fingerprint density at radius 3 is 2.50 bits per heavy atom. The molecular weight excluding hydrogens is 418 g/mol. The van der Waals surface area contributed by atoms with Gasteiger partial charge in [-0.05, 0) is 42.5 Å². The van der Waals surface area contributed by atoms with E-state index in [0.717, 1.165) is 48.7 Å². The van der Waals surface area contributed by atoms with Crippen LogP contribution in [0.5, 0.6) is 0 Å². The molecule has 1 aromatic carbocycles. The Morgan fingerprint density at radius 2 is 1.88 bits per heavy atom. The Kier molecular flexibility index (Phi) is 6.49. The van der Waals surface area contributed by atoms with Gasteiger partial charge in [-0.15, -0.1) is 11.3 Å². The van der Waals surface area contributed by atoms with Gasteiger partial charge < -0.3 is 9.80 Å². The van der Waals surface area contributed by atoms with Gasteiger partial charge in [0.05, 0.1) is 11.9 Å². The number of amides is 1. The van der Waals surface area contributed by atoms with Crippen LogP contribution in [0.15, 0.2) is 42.0 Å². The summed E-state index contributed by atoms with van der Waals surface area (Å²) in [7, 11) is 1.91. The number of benzene rings is 1. The average molecular weight is 452 g/mol. The molecule has 0 bridgehead atoms. The Labute approximate surface area is 194 Å². The van der Waals surface area contributed by atoms with Crippen molar-refractivity contribution in [1.29, 1.82) is 0 Å². The molecule has 170 valence electrons. The van der Waals surface area contributed by atoms with Gasteiger partial charge in [0.2, 0.25) is 0 Å².